The minimum Gasteiger partial charge on any atom is -0.294 e. The van der Waals surface area contributed by atoms with Gasteiger partial charge in [0.15, 0.2) is 5.78 Å². The maximum Gasteiger partial charge on any atom is 0.168 e. The Morgan fingerprint density at radius 2 is 1.71 bits per heavy atom. The zero-order chi connectivity index (χ0) is 14.8. The lowest BCUT2D eigenvalue weighted by Gasteiger charge is -2.06. The number of fused-ring (bicyclic) bond motifs is 1. The average Bonchev–Trinajstić information content (AvgIpc) is 2.95. The van der Waals surface area contributed by atoms with Gasteiger partial charge in [-0.2, -0.15) is 0 Å². The molecule has 0 aliphatic heterocycles. The van der Waals surface area contributed by atoms with Crippen molar-refractivity contribution in [2.75, 3.05) is 0 Å². The van der Waals surface area contributed by atoms with Crippen molar-refractivity contribution in [3.05, 3.63) is 69.7 Å². The molecule has 3 rings (SSSR count). The number of ketones is 1. The van der Waals surface area contributed by atoms with Crippen LogP contribution in [0.25, 0.3) is 10.8 Å². The summed E-state index contributed by atoms with van der Waals surface area (Å²) in [7, 11) is 0. The third kappa shape index (κ3) is 2.74. The minimum atomic E-state index is -0.286. The number of benzene rings is 2. The van der Waals surface area contributed by atoms with Crippen LogP contribution in [-0.2, 0) is 12.8 Å². The molecule has 0 aliphatic carbocycles. The normalized spacial score (nSPS) is 11.0. The van der Waals surface area contributed by atoms with Crippen LogP contribution in [-0.4, -0.2) is 5.78 Å². The molecule has 0 N–H and O–H groups in total. The molecule has 1 heterocycles. The summed E-state index contributed by atoms with van der Waals surface area (Å²) in [5, 5.41) is 1.19. The topological polar surface area (TPSA) is 17.1 Å². The van der Waals surface area contributed by atoms with Crippen molar-refractivity contribution in [1.82, 2.24) is 0 Å². The summed E-state index contributed by atoms with van der Waals surface area (Å²) in [6.45, 7) is 2.10. The number of hydrogen-bond acceptors (Lipinski definition) is 2. The number of hydrogen-bond donors (Lipinski definition) is 0. The summed E-state index contributed by atoms with van der Waals surface area (Å²) < 4.78 is 13.8. The quantitative estimate of drug-likeness (QED) is 0.617. The summed E-state index contributed by atoms with van der Waals surface area (Å²) >= 11 is 1.67. The van der Waals surface area contributed by atoms with Crippen LogP contribution in [0.4, 0.5) is 4.39 Å². The van der Waals surface area contributed by atoms with Crippen LogP contribution in [0.5, 0.6) is 0 Å². The summed E-state index contributed by atoms with van der Waals surface area (Å²) in [6, 6.07) is 14.2. The van der Waals surface area contributed by atoms with E-state index in [0.29, 0.717) is 22.8 Å². The van der Waals surface area contributed by atoms with E-state index in [2.05, 4.69) is 13.0 Å². The number of carbonyl (C=O) groups excluding carboxylic acids is 1. The smallest absolute Gasteiger partial charge is 0.168 e. The fraction of sp³-hybridized carbons (Fsp3) is 0.167. The fourth-order valence-corrected chi connectivity index (χ4v) is 3.42. The second kappa shape index (κ2) is 5.78. The van der Waals surface area contributed by atoms with Crippen molar-refractivity contribution in [3.63, 3.8) is 0 Å². The van der Waals surface area contributed by atoms with Crippen LogP contribution >= 0.6 is 11.3 Å². The molecule has 0 atom stereocenters. The SMILES string of the molecule is CCc1ccc(CC(=O)c2ccc(F)c3ccccc23)s1. The predicted molar refractivity (Wildman–Crippen MR) is 85.6 cm³/mol. The van der Waals surface area contributed by atoms with Crippen molar-refractivity contribution in [1.29, 1.82) is 0 Å². The van der Waals surface area contributed by atoms with E-state index in [1.165, 1.54) is 10.9 Å². The average molecular weight is 298 g/mol. The third-order valence-corrected chi connectivity index (χ3v) is 4.80. The van der Waals surface area contributed by atoms with Gasteiger partial charge in [0.2, 0.25) is 0 Å². The minimum absolute atomic E-state index is 0.0377. The molecule has 106 valence electrons. The predicted octanol–water partition coefficient (Wildman–Crippen LogP) is 5.03. The van der Waals surface area contributed by atoms with Gasteiger partial charge in [-0.15, -0.1) is 11.3 Å². The van der Waals surface area contributed by atoms with E-state index in [1.54, 1.807) is 35.6 Å². The Hall–Kier alpha value is -2.00. The Morgan fingerprint density at radius 1 is 1.00 bits per heavy atom. The number of thiophene rings is 1. The Labute approximate surface area is 127 Å². The van der Waals surface area contributed by atoms with Gasteiger partial charge in [0.25, 0.3) is 0 Å². The highest BCUT2D eigenvalue weighted by Gasteiger charge is 2.13. The van der Waals surface area contributed by atoms with Gasteiger partial charge in [-0.3, -0.25) is 4.79 Å². The molecule has 0 saturated heterocycles. The highest BCUT2D eigenvalue weighted by Crippen LogP contribution is 2.24. The number of Topliss-reactive ketones (excluding diaryl/α,β-unsaturated/α-hetero) is 1. The van der Waals surface area contributed by atoms with E-state index in [0.717, 1.165) is 11.3 Å². The van der Waals surface area contributed by atoms with Crippen LogP contribution in [0.15, 0.2) is 48.5 Å². The molecular weight excluding hydrogens is 283 g/mol. The van der Waals surface area contributed by atoms with E-state index in [-0.39, 0.29) is 11.6 Å². The highest BCUT2D eigenvalue weighted by molar-refractivity contribution is 7.12. The van der Waals surface area contributed by atoms with Gasteiger partial charge in [-0.25, -0.2) is 4.39 Å². The molecule has 0 radical (unpaired) electrons. The standard InChI is InChI=1S/C18H15FOS/c1-2-12-7-8-13(21-12)11-18(20)16-9-10-17(19)15-6-4-3-5-14(15)16/h3-10H,2,11H2,1H3. The molecule has 0 amide bonds. The van der Waals surface area contributed by atoms with Crippen molar-refractivity contribution in [3.8, 4) is 0 Å². The van der Waals surface area contributed by atoms with Crippen LogP contribution in [0.3, 0.4) is 0 Å². The molecule has 0 unspecified atom stereocenters. The number of halogens is 1. The Morgan fingerprint density at radius 3 is 2.43 bits per heavy atom. The second-order valence-electron chi connectivity index (χ2n) is 4.96. The van der Waals surface area contributed by atoms with Gasteiger partial charge in [-0.05, 0) is 36.1 Å². The Kier molecular flexibility index (Phi) is 3.84. The summed E-state index contributed by atoms with van der Waals surface area (Å²) in [5.74, 6) is -0.248. The first kappa shape index (κ1) is 14.0. The maximum absolute atomic E-state index is 13.8. The molecule has 0 bridgehead atoms. The lowest BCUT2D eigenvalue weighted by atomic mass is 9.99. The van der Waals surface area contributed by atoms with E-state index in [4.69, 9.17) is 0 Å². The van der Waals surface area contributed by atoms with E-state index < -0.39 is 0 Å². The summed E-state index contributed by atoms with van der Waals surface area (Å²) in [6.07, 6.45) is 1.36. The Bertz CT molecular complexity index is 804. The van der Waals surface area contributed by atoms with E-state index in [1.807, 2.05) is 12.1 Å². The first-order valence-corrected chi connectivity index (χ1v) is 7.78. The van der Waals surface area contributed by atoms with Gasteiger partial charge in [0.1, 0.15) is 5.82 Å². The number of rotatable bonds is 4. The van der Waals surface area contributed by atoms with E-state index in [9.17, 15) is 9.18 Å². The van der Waals surface area contributed by atoms with E-state index >= 15 is 0 Å². The van der Waals surface area contributed by atoms with Gasteiger partial charge in [0, 0.05) is 27.1 Å². The van der Waals surface area contributed by atoms with Crippen molar-refractivity contribution < 1.29 is 9.18 Å². The first-order chi connectivity index (χ1) is 10.2. The third-order valence-electron chi connectivity index (χ3n) is 3.57. The van der Waals surface area contributed by atoms with Crippen LogP contribution in [0.1, 0.15) is 27.0 Å². The van der Waals surface area contributed by atoms with Crippen molar-refractivity contribution in [2.24, 2.45) is 0 Å². The van der Waals surface area contributed by atoms with Gasteiger partial charge in [0.05, 0.1) is 0 Å². The monoisotopic (exact) mass is 298 g/mol. The van der Waals surface area contributed by atoms with Crippen LogP contribution in [0.2, 0.25) is 0 Å². The Balaban J connectivity index is 1.96. The molecule has 3 heteroatoms. The van der Waals surface area contributed by atoms with Crippen molar-refractivity contribution >= 4 is 27.9 Å². The molecule has 0 aliphatic rings. The molecule has 0 spiro atoms. The lowest BCUT2D eigenvalue weighted by Crippen LogP contribution is -2.03. The van der Waals surface area contributed by atoms with Crippen molar-refractivity contribution in [2.45, 2.75) is 19.8 Å². The summed E-state index contributed by atoms with van der Waals surface area (Å²) in [5.41, 5.74) is 0.596. The molecule has 21 heavy (non-hydrogen) atoms. The number of aryl methyl sites for hydroxylation is 1. The number of carbonyl (C=O) groups is 1. The van der Waals surface area contributed by atoms with Crippen LogP contribution < -0.4 is 0 Å². The molecule has 0 fully saturated rings. The summed E-state index contributed by atoms with van der Waals surface area (Å²) in [4.78, 5) is 14.9. The first-order valence-electron chi connectivity index (χ1n) is 6.97. The molecule has 3 aromatic rings. The zero-order valence-corrected chi connectivity index (χ0v) is 12.5. The molecule has 0 saturated carbocycles. The largest absolute Gasteiger partial charge is 0.294 e. The molecule has 1 nitrogen and oxygen atoms in total. The zero-order valence-electron chi connectivity index (χ0n) is 11.7. The van der Waals surface area contributed by atoms with Gasteiger partial charge >= 0.3 is 0 Å². The lowest BCUT2D eigenvalue weighted by molar-refractivity contribution is 0.0995. The highest BCUT2D eigenvalue weighted by atomic mass is 32.1. The fourth-order valence-electron chi connectivity index (χ4n) is 2.47. The van der Waals surface area contributed by atoms with Crippen LogP contribution in [0, 0.1) is 5.82 Å². The molecule has 2 aromatic carbocycles. The van der Waals surface area contributed by atoms with Gasteiger partial charge in [-0.1, -0.05) is 31.2 Å². The maximum atomic E-state index is 13.8. The second-order valence-corrected chi connectivity index (χ2v) is 6.21. The molecular formula is C18H15FOS. The van der Waals surface area contributed by atoms with Gasteiger partial charge < -0.3 is 0 Å². The molecule has 1 aromatic heterocycles.